The third-order valence-electron chi connectivity index (χ3n) is 1.98. The third-order valence-corrected chi connectivity index (χ3v) is 1.98. The van der Waals surface area contributed by atoms with E-state index in [2.05, 4.69) is 5.32 Å². The molecule has 0 aliphatic heterocycles. The molecule has 1 aromatic rings. The molecule has 0 unspecified atom stereocenters. The second kappa shape index (κ2) is 7.41. The summed E-state index contributed by atoms with van der Waals surface area (Å²) in [5, 5.41) is 21.3. The number of carbonyl (C=O) groups excluding carboxylic acids is 1. The fourth-order valence-electron chi connectivity index (χ4n) is 1.18. The van der Waals surface area contributed by atoms with Crippen molar-refractivity contribution in [2.45, 2.75) is 6.42 Å². The predicted molar refractivity (Wildman–Crippen MR) is 60.2 cm³/mol. The predicted octanol–water partition coefficient (Wildman–Crippen LogP) is 0.317. The highest BCUT2D eigenvalue weighted by Crippen LogP contribution is 2.15. The third kappa shape index (κ3) is 4.52. The van der Waals surface area contributed by atoms with Crippen LogP contribution in [-0.2, 0) is 4.74 Å². The Morgan fingerprint density at radius 1 is 1.50 bits per heavy atom. The summed E-state index contributed by atoms with van der Waals surface area (Å²) < 4.78 is 9.72. The molecule has 8 nitrogen and oxygen atoms in total. The van der Waals surface area contributed by atoms with E-state index in [1.54, 1.807) is 0 Å². The Morgan fingerprint density at radius 3 is 2.89 bits per heavy atom. The van der Waals surface area contributed by atoms with Crippen LogP contribution in [0.25, 0.3) is 0 Å². The first-order valence-electron chi connectivity index (χ1n) is 5.36. The molecule has 1 heterocycles. The Hall–Kier alpha value is -1.93. The van der Waals surface area contributed by atoms with Gasteiger partial charge in [-0.25, -0.2) is 0 Å². The molecule has 0 atom stereocenters. The van der Waals surface area contributed by atoms with E-state index in [0.29, 0.717) is 19.6 Å². The number of hydrogen-bond acceptors (Lipinski definition) is 6. The molecule has 1 amide bonds. The second-order valence-electron chi connectivity index (χ2n) is 3.34. The molecule has 1 aromatic heterocycles. The summed E-state index contributed by atoms with van der Waals surface area (Å²) in [4.78, 5) is 21.1. The highest BCUT2D eigenvalue weighted by atomic mass is 16.6. The van der Waals surface area contributed by atoms with Crippen molar-refractivity contribution in [2.75, 3.05) is 26.4 Å². The molecule has 8 heteroatoms. The van der Waals surface area contributed by atoms with Crippen molar-refractivity contribution >= 4 is 11.8 Å². The zero-order valence-corrected chi connectivity index (χ0v) is 9.63. The van der Waals surface area contributed by atoms with Gasteiger partial charge in [0.25, 0.3) is 5.91 Å². The molecule has 0 saturated carbocycles. The van der Waals surface area contributed by atoms with Crippen molar-refractivity contribution < 1.29 is 24.0 Å². The summed E-state index contributed by atoms with van der Waals surface area (Å²) >= 11 is 0. The lowest BCUT2D eigenvalue weighted by Crippen LogP contribution is -2.24. The lowest BCUT2D eigenvalue weighted by molar-refractivity contribution is -0.402. The number of rotatable bonds is 8. The van der Waals surface area contributed by atoms with Gasteiger partial charge in [0, 0.05) is 13.2 Å². The number of aliphatic hydroxyl groups is 1. The number of nitro groups is 1. The van der Waals surface area contributed by atoms with Crippen LogP contribution in [0.1, 0.15) is 17.0 Å². The van der Waals surface area contributed by atoms with E-state index in [4.69, 9.17) is 14.3 Å². The molecular weight excluding hydrogens is 244 g/mol. The average Bonchev–Trinajstić information content (AvgIpc) is 2.83. The van der Waals surface area contributed by atoms with Crippen molar-refractivity contribution in [1.29, 1.82) is 0 Å². The first kappa shape index (κ1) is 14.1. The minimum absolute atomic E-state index is 0.0393. The Kier molecular flexibility index (Phi) is 5.81. The molecular formula is C10H14N2O6. The minimum Gasteiger partial charge on any atom is -0.395 e. The van der Waals surface area contributed by atoms with Gasteiger partial charge >= 0.3 is 5.88 Å². The van der Waals surface area contributed by atoms with Crippen LogP contribution >= 0.6 is 0 Å². The Bertz CT molecular complexity index is 403. The van der Waals surface area contributed by atoms with Gasteiger partial charge in [-0.1, -0.05) is 0 Å². The van der Waals surface area contributed by atoms with Crippen molar-refractivity contribution in [3.8, 4) is 0 Å². The number of carbonyl (C=O) groups is 1. The molecule has 18 heavy (non-hydrogen) atoms. The van der Waals surface area contributed by atoms with Crippen molar-refractivity contribution in [3.05, 3.63) is 28.0 Å². The molecule has 0 aliphatic rings. The van der Waals surface area contributed by atoms with Crippen molar-refractivity contribution in [3.63, 3.8) is 0 Å². The molecule has 0 fully saturated rings. The number of nitrogens with one attached hydrogen (secondary N) is 1. The van der Waals surface area contributed by atoms with Gasteiger partial charge < -0.3 is 19.6 Å². The van der Waals surface area contributed by atoms with E-state index < -0.39 is 16.7 Å². The number of hydrogen-bond donors (Lipinski definition) is 2. The van der Waals surface area contributed by atoms with E-state index in [9.17, 15) is 14.9 Å². The number of aliphatic hydroxyl groups excluding tert-OH is 1. The zero-order valence-electron chi connectivity index (χ0n) is 9.63. The van der Waals surface area contributed by atoms with Crippen LogP contribution in [-0.4, -0.2) is 42.3 Å². The Labute approximate surface area is 103 Å². The van der Waals surface area contributed by atoms with E-state index in [1.807, 2.05) is 0 Å². The molecule has 100 valence electrons. The van der Waals surface area contributed by atoms with Gasteiger partial charge in [0.05, 0.1) is 19.3 Å². The summed E-state index contributed by atoms with van der Waals surface area (Å²) in [5.74, 6) is -1.07. The molecule has 0 aliphatic carbocycles. The second-order valence-corrected chi connectivity index (χ2v) is 3.34. The van der Waals surface area contributed by atoms with E-state index >= 15 is 0 Å². The van der Waals surface area contributed by atoms with E-state index in [0.717, 1.165) is 6.07 Å². The van der Waals surface area contributed by atoms with Gasteiger partial charge in [-0.15, -0.1) is 0 Å². The molecule has 0 saturated heterocycles. The van der Waals surface area contributed by atoms with Crippen LogP contribution in [0.3, 0.4) is 0 Å². The summed E-state index contributed by atoms with van der Waals surface area (Å²) in [7, 11) is 0. The Balaban J connectivity index is 2.25. The maximum Gasteiger partial charge on any atom is 0.433 e. The normalized spacial score (nSPS) is 10.3. The van der Waals surface area contributed by atoms with Crippen molar-refractivity contribution in [2.24, 2.45) is 0 Å². The smallest absolute Gasteiger partial charge is 0.395 e. The van der Waals surface area contributed by atoms with Crippen molar-refractivity contribution in [1.82, 2.24) is 5.32 Å². The van der Waals surface area contributed by atoms with E-state index in [-0.39, 0.29) is 19.0 Å². The minimum atomic E-state index is -0.709. The van der Waals surface area contributed by atoms with Crippen LogP contribution < -0.4 is 5.32 Å². The molecule has 0 spiro atoms. The van der Waals surface area contributed by atoms with Gasteiger partial charge in [0.15, 0.2) is 5.76 Å². The van der Waals surface area contributed by atoms with E-state index in [1.165, 1.54) is 6.07 Å². The number of nitrogens with zero attached hydrogens (tertiary/aromatic N) is 1. The van der Waals surface area contributed by atoms with Crippen LogP contribution in [0.4, 0.5) is 5.88 Å². The first-order valence-corrected chi connectivity index (χ1v) is 5.36. The summed E-state index contributed by atoms with van der Waals surface area (Å²) in [5.41, 5.74) is 0. The van der Waals surface area contributed by atoms with Gasteiger partial charge in [-0.2, -0.15) is 0 Å². The molecule has 0 bridgehead atoms. The van der Waals surface area contributed by atoms with Gasteiger partial charge in [0.2, 0.25) is 0 Å². The lowest BCUT2D eigenvalue weighted by Gasteiger charge is -2.03. The molecule has 1 rings (SSSR count). The highest BCUT2D eigenvalue weighted by molar-refractivity contribution is 5.91. The molecule has 0 radical (unpaired) electrons. The maximum atomic E-state index is 11.5. The average molecular weight is 258 g/mol. The number of ether oxygens (including phenoxy) is 1. The first-order chi connectivity index (χ1) is 8.65. The van der Waals surface area contributed by atoms with Crippen LogP contribution in [0, 0.1) is 10.1 Å². The van der Waals surface area contributed by atoms with Gasteiger partial charge in [-0.05, 0) is 12.5 Å². The number of amides is 1. The lowest BCUT2D eigenvalue weighted by atomic mass is 10.4. The summed E-state index contributed by atoms with van der Waals surface area (Å²) in [6.07, 6.45) is 0.578. The van der Waals surface area contributed by atoms with Crippen LogP contribution in [0.2, 0.25) is 0 Å². The highest BCUT2D eigenvalue weighted by Gasteiger charge is 2.16. The number of furan rings is 1. The standard InChI is InChI=1S/C10H14N2O6/c13-5-7-17-6-1-4-11-10(14)8-2-3-9(18-8)12(15)16/h2-3,13H,1,4-7H2,(H,11,14). The molecule has 2 N–H and O–H groups in total. The maximum absolute atomic E-state index is 11.5. The topological polar surface area (TPSA) is 115 Å². The van der Waals surface area contributed by atoms with Crippen LogP contribution in [0.5, 0.6) is 0 Å². The Morgan fingerprint density at radius 2 is 2.28 bits per heavy atom. The monoisotopic (exact) mass is 258 g/mol. The fraction of sp³-hybridized carbons (Fsp3) is 0.500. The van der Waals surface area contributed by atoms with Gasteiger partial charge in [0.1, 0.15) is 4.92 Å². The SMILES string of the molecule is O=C(NCCCOCCO)c1ccc([N+](=O)[O-])o1. The fourth-order valence-corrected chi connectivity index (χ4v) is 1.18. The quantitative estimate of drug-likeness (QED) is 0.394. The van der Waals surface area contributed by atoms with Crippen LogP contribution in [0.15, 0.2) is 16.5 Å². The molecule has 0 aromatic carbocycles. The zero-order chi connectivity index (χ0) is 13.4. The largest absolute Gasteiger partial charge is 0.433 e. The summed E-state index contributed by atoms with van der Waals surface area (Å²) in [6, 6.07) is 2.37. The van der Waals surface area contributed by atoms with Gasteiger partial charge in [-0.3, -0.25) is 14.9 Å². The summed E-state index contributed by atoms with van der Waals surface area (Å²) in [6.45, 7) is 0.999.